The maximum absolute atomic E-state index is 4.42. The Morgan fingerprint density at radius 1 is 1.44 bits per heavy atom. The number of H-pyrrole nitrogens is 1. The molecule has 0 saturated heterocycles. The Kier molecular flexibility index (Phi) is 2.52. The second-order valence-electron chi connectivity index (χ2n) is 4.11. The first-order chi connectivity index (χ1) is 7.90. The molecule has 0 bridgehead atoms. The lowest BCUT2D eigenvalue weighted by molar-refractivity contribution is 0.959. The normalized spacial score (nSPS) is 15.3. The number of rotatable bonds is 3. The van der Waals surface area contributed by atoms with Crippen LogP contribution in [0.5, 0.6) is 0 Å². The van der Waals surface area contributed by atoms with Crippen molar-refractivity contribution in [3.8, 4) is 11.3 Å². The third kappa shape index (κ3) is 1.67. The second kappa shape index (κ2) is 4.01. The molecule has 0 unspecified atom stereocenters. The van der Waals surface area contributed by atoms with Crippen molar-refractivity contribution in [3.63, 3.8) is 0 Å². The maximum Gasteiger partial charge on any atom is 0.0979 e. The highest BCUT2D eigenvalue weighted by molar-refractivity contribution is 9.08. The summed E-state index contributed by atoms with van der Waals surface area (Å²) in [5.41, 5.74) is 4.71. The van der Waals surface area contributed by atoms with Crippen molar-refractivity contribution in [1.29, 1.82) is 0 Å². The van der Waals surface area contributed by atoms with Gasteiger partial charge in [0.05, 0.1) is 5.69 Å². The van der Waals surface area contributed by atoms with Gasteiger partial charge in [0.2, 0.25) is 0 Å². The predicted molar refractivity (Wildman–Crippen MR) is 66.4 cm³/mol. The molecular formula is C12H12BrN3. The van der Waals surface area contributed by atoms with E-state index in [9.17, 15) is 0 Å². The average molecular weight is 278 g/mol. The van der Waals surface area contributed by atoms with Gasteiger partial charge in [0.25, 0.3) is 0 Å². The number of aromatic nitrogens is 3. The lowest BCUT2D eigenvalue weighted by Crippen LogP contribution is -1.87. The Labute approximate surface area is 102 Å². The quantitative estimate of drug-likeness (QED) is 0.876. The molecule has 2 aromatic heterocycles. The van der Waals surface area contributed by atoms with E-state index in [-0.39, 0.29) is 0 Å². The van der Waals surface area contributed by atoms with E-state index >= 15 is 0 Å². The van der Waals surface area contributed by atoms with Gasteiger partial charge in [0.1, 0.15) is 0 Å². The molecule has 1 N–H and O–H groups in total. The van der Waals surface area contributed by atoms with E-state index in [1.165, 1.54) is 24.1 Å². The summed E-state index contributed by atoms with van der Waals surface area (Å²) in [5, 5.41) is 8.45. The zero-order valence-electron chi connectivity index (χ0n) is 8.78. The first-order valence-corrected chi connectivity index (χ1v) is 6.56. The van der Waals surface area contributed by atoms with Gasteiger partial charge in [-0.15, -0.1) is 0 Å². The van der Waals surface area contributed by atoms with Crippen LogP contribution < -0.4 is 0 Å². The molecule has 3 rings (SSSR count). The van der Waals surface area contributed by atoms with Crippen molar-refractivity contribution in [2.24, 2.45) is 0 Å². The molecule has 0 amide bonds. The summed E-state index contributed by atoms with van der Waals surface area (Å²) in [6.07, 6.45) is 6.22. The highest BCUT2D eigenvalue weighted by Crippen LogP contribution is 2.43. The molecule has 3 nitrogen and oxygen atoms in total. The van der Waals surface area contributed by atoms with Crippen LogP contribution in [0.3, 0.4) is 0 Å². The molecule has 0 aliphatic heterocycles. The van der Waals surface area contributed by atoms with Crippen LogP contribution in [0.15, 0.2) is 24.5 Å². The molecule has 1 aliphatic carbocycles. The number of pyridine rings is 1. The van der Waals surface area contributed by atoms with E-state index in [1.54, 1.807) is 6.20 Å². The molecule has 0 radical (unpaired) electrons. The van der Waals surface area contributed by atoms with E-state index in [0.717, 1.165) is 16.6 Å². The lowest BCUT2D eigenvalue weighted by Gasteiger charge is -2.00. The minimum Gasteiger partial charge on any atom is -0.281 e. The molecule has 82 valence electrons. The molecule has 1 aliphatic rings. The van der Waals surface area contributed by atoms with Crippen molar-refractivity contribution in [3.05, 3.63) is 35.8 Å². The Balaban J connectivity index is 2.07. The van der Waals surface area contributed by atoms with E-state index in [1.807, 2.05) is 18.3 Å². The first-order valence-electron chi connectivity index (χ1n) is 5.43. The zero-order chi connectivity index (χ0) is 11.0. The summed E-state index contributed by atoms with van der Waals surface area (Å²) in [5.74, 6) is 0.700. The molecule has 0 spiro atoms. The lowest BCUT2D eigenvalue weighted by atomic mass is 10.1. The van der Waals surface area contributed by atoms with Crippen LogP contribution in [0.1, 0.15) is 30.0 Å². The molecule has 1 fully saturated rings. The topological polar surface area (TPSA) is 41.6 Å². The minimum atomic E-state index is 0.700. The average Bonchev–Trinajstić information content (AvgIpc) is 3.09. The Bertz CT molecular complexity index is 488. The smallest absolute Gasteiger partial charge is 0.0979 e. The van der Waals surface area contributed by atoms with Crippen LogP contribution in [0, 0.1) is 0 Å². The van der Waals surface area contributed by atoms with Crippen molar-refractivity contribution in [2.75, 3.05) is 0 Å². The summed E-state index contributed by atoms with van der Waals surface area (Å²) in [6.45, 7) is 0. The Morgan fingerprint density at radius 2 is 2.31 bits per heavy atom. The van der Waals surface area contributed by atoms with Crippen molar-refractivity contribution < 1.29 is 0 Å². The number of hydrogen-bond donors (Lipinski definition) is 1. The van der Waals surface area contributed by atoms with Crippen LogP contribution in [-0.2, 0) is 5.33 Å². The summed E-state index contributed by atoms with van der Waals surface area (Å²) in [7, 11) is 0. The third-order valence-electron chi connectivity index (χ3n) is 2.95. The third-order valence-corrected chi connectivity index (χ3v) is 3.51. The number of aromatic amines is 1. The first kappa shape index (κ1) is 10.0. The summed E-state index contributed by atoms with van der Waals surface area (Å²) < 4.78 is 0. The molecular weight excluding hydrogens is 266 g/mol. The van der Waals surface area contributed by atoms with Gasteiger partial charge in [-0.1, -0.05) is 15.9 Å². The molecule has 0 aromatic carbocycles. The molecule has 1 saturated carbocycles. The van der Waals surface area contributed by atoms with Gasteiger partial charge in [-0.25, -0.2) is 0 Å². The van der Waals surface area contributed by atoms with Gasteiger partial charge in [-0.2, -0.15) is 5.10 Å². The van der Waals surface area contributed by atoms with Gasteiger partial charge >= 0.3 is 0 Å². The van der Waals surface area contributed by atoms with Crippen LogP contribution >= 0.6 is 15.9 Å². The molecule has 2 aromatic rings. The minimum absolute atomic E-state index is 0.700. The second-order valence-corrected chi connectivity index (χ2v) is 4.67. The number of hydrogen-bond acceptors (Lipinski definition) is 2. The molecule has 2 heterocycles. The number of nitrogens with zero attached hydrogens (tertiary/aromatic N) is 2. The molecule has 16 heavy (non-hydrogen) atoms. The maximum atomic E-state index is 4.42. The van der Waals surface area contributed by atoms with Gasteiger partial charge in [0.15, 0.2) is 0 Å². The monoisotopic (exact) mass is 277 g/mol. The van der Waals surface area contributed by atoms with Gasteiger partial charge in [-0.05, 0) is 25.0 Å². The largest absolute Gasteiger partial charge is 0.281 e. The van der Waals surface area contributed by atoms with Crippen LogP contribution in [-0.4, -0.2) is 15.2 Å². The predicted octanol–water partition coefficient (Wildman–Crippen LogP) is 3.24. The van der Waals surface area contributed by atoms with Gasteiger partial charge < -0.3 is 0 Å². The van der Waals surface area contributed by atoms with Gasteiger partial charge in [0, 0.05) is 40.5 Å². The molecule has 4 heteroatoms. The van der Waals surface area contributed by atoms with Crippen LogP contribution in [0.25, 0.3) is 11.3 Å². The zero-order valence-corrected chi connectivity index (χ0v) is 10.4. The van der Waals surface area contributed by atoms with Gasteiger partial charge in [-0.3, -0.25) is 10.1 Å². The van der Waals surface area contributed by atoms with E-state index in [4.69, 9.17) is 0 Å². The number of nitrogens with one attached hydrogen (secondary N) is 1. The standard InChI is InChI=1S/C12H12BrN3/c13-6-10-11(8-3-4-8)15-16-12(10)9-2-1-5-14-7-9/h1-2,5,7-8H,3-4,6H2,(H,15,16). The Hall–Kier alpha value is -1.16. The summed E-state index contributed by atoms with van der Waals surface area (Å²) >= 11 is 3.55. The van der Waals surface area contributed by atoms with Crippen LogP contribution in [0.2, 0.25) is 0 Å². The SMILES string of the molecule is BrCc1c(-c2cccnc2)n[nH]c1C1CC1. The number of alkyl halides is 1. The summed E-state index contributed by atoms with van der Waals surface area (Å²) in [4.78, 5) is 4.14. The van der Waals surface area contributed by atoms with Crippen LogP contribution in [0.4, 0.5) is 0 Å². The summed E-state index contributed by atoms with van der Waals surface area (Å²) in [6, 6.07) is 3.99. The van der Waals surface area contributed by atoms with Crippen molar-refractivity contribution in [2.45, 2.75) is 24.1 Å². The molecule has 0 atom stereocenters. The fourth-order valence-corrected chi connectivity index (χ4v) is 2.53. The van der Waals surface area contributed by atoms with E-state index in [0.29, 0.717) is 5.92 Å². The fraction of sp³-hybridized carbons (Fsp3) is 0.333. The fourth-order valence-electron chi connectivity index (χ4n) is 1.97. The van der Waals surface area contributed by atoms with Crippen molar-refractivity contribution in [1.82, 2.24) is 15.2 Å². The number of halogens is 1. The highest BCUT2D eigenvalue weighted by Gasteiger charge is 2.29. The van der Waals surface area contributed by atoms with Crippen molar-refractivity contribution >= 4 is 15.9 Å². The van der Waals surface area contributed by atoms with E-state index in [2.05, 4.69) is 31.1 Å². The highest BCUT2D eigenvalue weighted by atomic mass is 79.9. The Morgan fingerprint density at radius 3 is 2.94 bits per heavy atom. The van der Waals surface area contributed by atoms with E-state index < -0.39 is 0 Å².